The molecule has 0 aliphatic carbocycles. The summed E-state index contributed by atoms with van der Waals surface area (Å²) in [5, 5.41) is 2.83. The molecule has 0 aromatic heterocycles. The second-order valence-electron chi connectivity index (χ2n) is 5.45. The predicted octanol–water partition coefficient (Wildman–Crippen LogP) is 2.77. The molecule has 1 saturated heterocycles. The first-order valence-corrected chi connectivity index (χ1v) is 8.38. The number of carbonyl (C=O) groups is 2. The molecule has 5 nitrogen and oxygen atoms in total. The summed E-state index contributed by atoms with van der Waals surface area (Å²) in [6, 6.07) is 13.8. The second kappa shape index (κ2) is 7.05. The van der Waals surface area contributed by atoms with E-state index in [1.165, 1.54) is 0 Å². The van der Waals surface area contributed by atoms with Crippen molar-refractivity contribution in [2.24, 2.45) is 0 Å². The highest BCUT2D eigenvalue weighted by atomic mass is 79.9. The number of rotatable bonds is 3. The van der Waals surface area contributed by atoms with Gasteiger partial charge in [0.2, 0.25) is 5.91 Å². The standard InChI is InChI=1S/C18H17BrN2O3/c1-24-13-8-6-12(7-9-13)16-17(22)20-10-11-21(16)18(23)14-4-2-3-5-15(14)19/h2-9,16H,10-11H2,1H3,(H,20,22). The van der Waals surface area contributed by atoms with Gasteiger partial charge in [0.15, 0.2) is 0 Å². The SMILES string of the molecule is COc1ccc(C2C(=O)NCCN2C(=O)c2ccccc2Br)cc1. The number of nitrogens with zero attached hydrogens (tertiary/aromatic N) is 1. The number of nitrogens with one attached hydrogen (secondary N) is 1. The largest absolute Gasteiger partial charge is 0.497 e. The van der Waals surface area contributed by atoms with Crippen molar-refractivity contribution in [3.63, 3.8) is 0 Å². The Labute approximate surface area is 148 Å². The van der Waals surface area contributed by atoms with Crippen LogP contribution < -0.4 is 10.1 Å². The fraction of sp³-hybridized carbons (Fsp3) is 0.222. The van der Waals surface area contributed by atoms with E-state index < -0.39 is 6.04 Å². The Kier molecular flexibility index (Phi) is 4.85. The van der Waals surface area contributed by atoms with Crippen LogP contribution in [0.2, 0.25) is 0 Å². The number of ether oxygens (including phenoxy) is 1. The van der Waals surface area contributed by atoms with Crippen molar-refractivity contribution in [2.75, 3.05) is 20.2 Å². The van der Waals surface area contributed by atoms with Crippen LogP contribution in [-0.2, 0) is 4.79 Å². The Bertz CT molecular complexity index is 761. The molecule has 0 bridgehead atoms. The quantitative estimate of drug-likeness (QED) is 0.879. The summed E-state index contributed by atoms with van der Waals surface area (Å²) in [7, 11) is 1.59. The number of hydrogen-bond donors (Lipinski definition) is 1. The summed E-state index contributed by atoms with van der Waals surface area (Å²) in [4.78, 5) is 27.0. The molecular weight excluding hydrogens is 372 g/mol. The number of halogens is 1. The van der Waals surface area contributed by atoms with E-state index in [0.717, 1.165) is 10.0 Å². The van der Waals surface area contributed by atoms with Crippen LogP contribution in [0.15, 0.2) is 53.0 Å². The molecule has 1 aliphatic rings. The maximum Gasteiger partial charge on any atom is 0.256 e. The lowest BCUT2D eigenvalue weighted by molar-refractivity contribution is -0.128. The van der Waals surface area contributed by atoms with E-state index >= 15 is 0 Å². The molecule has 3 rings (SSSR count). The smallest absolute Gasteiger partial charge is 0.256 e. The number of methoxy groups -OCH3 is 1. The summed E-state index contributed by atoms with van der Waals surface area (Å²) in [6.07, 6.45) is 0. The Morgan fingerprint density at radius 2 is 1.92 bits per heavy atom. The maximum absolute atomic E-state index is 13.0. The van der Waals surface area contributed by atoms with Crippen LogP contribution in [0.1, 0.15) is 22.0 Å². The zero-order chi connectivity index (χ0) is 17.1. The highest BCUT2D eigenvalue weighted by molar-refractivity contribution is 9.10. The highest BCUT2D eigenvalue weighted by Gasteiger charge is 2.35. The van der Waals surface area contributed by atoms with Gasteiger partial charge in [-0.1, -0.05) is 24.3 Å². The summed E-state index contributed by atoms with van der Waals surface area (Å²) in [5.41, 5.74) is 1.30. The Morgan fingerprint density at radius 1 is 1.21 bits per heavy atom. The number of piperazine rings is 1. The molecule has 2 amide bonds. The van der Waals surface area contributed by atoms with Gasteiger partial charge in [-0.3, -0.25) is 9.59 Å². The summed E-state index contributed by atoms with van der Waals surface area (Å²) < 4.78 is 5.87. The molecule has 1 aliphatic heterocycles. The van der Waals surface area contributed by atoms with Gasteiger partial charge in [-0.05, 0) is 45.8 Å². The molecule has 24 heavy (non-hydrogen) atoms. The van der Waals surface area contributed by atoms with Gasteiger partial charge < -0.3 is 15.0 Å². The molecule has 1 unspecified atom stereocenters. The minimum atomic E-state index is -0.649. The van der Waals surface area contributed by atoms with E-state index in [1.807, 2.05) is 30.3 Å². The zero-order valence-electron chi connectivity index (χ0n) is 13.2. The first-order chi connectivity index (χ1) is 11.6. The van der Waals surface area contributed by atoms with Gasteiger partial charge in [0, 0.05) is 17.6 Å². The van der Waals surface area contributed by atoms with Gasteiger partial charge in [0.1, 0.15) is 11.8 Å². The maximum atomic E-state index is 13.0. The first kappa shape index (κ1) is 16.5. The van der Waals surface area contributed by atoms with Crippen molar-refractivity contribution in [3.8, 4) is 5.75 Å². The number of hydrogen-bond acceptors (Lipinski definition) is 3. The van der Waals surface area contributed by atoms with Crippen LogP contribution in [0, 0.1) is 0 Å². The summed E-state index contributed by atoms with van der Waals surface area (Å²) in [5.74, 6) is 0.364. The number of amides is 2. The molecule has 0 saturated carbocycles. The van der Waals surface area contributed by atoms with Crippen LogP contribution in [0.4, 0.5) is 0 Å². The first-order valence-electron chi connectivity index (χ1n) is 7.59. The lowest BCUT2D eigenvalue weighted by Crippen LogP contribution is -2.52. The Balaban J connectivity index is 1.96. The van der Waals surface area contributed by atoms with Crippen LogP contribution in [0.5, 0.6) is 5.75 Å². The third-order valence-electron chi connectivity index (χ3n) is 4.01. The molecule has 1 fully saturated rings. The molecule has 1 N–H and O–H groups in total. The Morgan fingerprint density at radius 3 is 2.58 bits per heavy atom. The van der Waals surface area contributed by atoms with E-state index in [0.29, 0.717) is 24.4 Å². The molecule has 2 aromatic carbocycles. The fourth-order valence-electron chi connectivity index (χ4n) is 2.79. The normalized spacial score (nSPS) is 17.3. The van der Waals surface area contributed by atoms with E-state index in [4.69, 9.17) is 4.74 Å². The molecule has 2 aromatic rings. The van der Waals surface area contributed by atoms with Gasteiger partial charge in [-0.2, -0.15) is 0 Å². The van der Waals surface area contributed by atoms with Gasteiger partial charge in [0.25, 0.3) is 5.91 Å². The van der Waals surface area contributed by atoms with Crippen LogP contribution >= 0.6 is 15.9 Å². The Hall–Kier alpha value is -2.34. The third kappa shape index (κ3) is 3.14. The minimum absolute atomic E-state index is 0.168. The summed E-state index contributed by atoms with van der Waals surface area (Å²) in [6.45, 7) is 0.907. The van der Waals surface area contributed by atoms with Crippen LogP contribution in [0.25, 0.3) is 0 Å². The van der Waals surface area contributed by atoms with Gasteiger partial charge in [-0.25, -0.2) is 0 Å². The van der Waals surface area contributed by atoms with Gasteiger partial charge >= 0.3 is 0 Å². The molecule has 1 atom stereocenters. The van der Waals surface area contributed by atoms with Crippen molar-refractivity contribution < 1.29 is 14.3 Å². The molecule has 0 spiro atoms. The van der Waals surface area contributed by atoms with Crippen molar-refractivity contribution in [2.45, 2.75) is 6.04 Å². The van der Waals surface area contributed by atoms with E-state index in [2.05, 4.69) is 21.2 Å². The van der Waals surface area contributed by atoms with Crippen molar-refractivity contribution >= 4 is 27.7 Å². The molecule has 0 radical (unpaired) electrons. The molecular formula is C18H17BrN2O3. The minimum Gasteiger partial charge on any atom is -0.497 e. The monoisotopic (exact) mass is 388 g/mol. The van der Waals surface area contributed by atoms with Crippen molar-refractivity contribution in [1.29, 1.82) is 0 Å². The average molecular weight is 389 g/mol. The van der Waals surface area contributed by atoms with Gasteiger partial charge in [-0.15, -0.1) is 0 Å². The van der Waals surface area contributed by atoms with E-state index in [9.17, 15) is 9.59 Å². The molecule has 1 heterocycles. The lowest BCUT2D eigenvalue weighted by Gasteiger charge is -2.35. The van der Waals surface area contributed by atoms with Crippen LogP contribution in [0.3, 0.4) is 0 Å². The third-order valence-corrected chi connectivity index (χ3v) is 4.70. The van der Waals surface area contributed by atoms with Crippen LogP contribution in [-0.4, -0.2) is 36.9 Å². The zero-order valence-corrected chi connectivity index (χ0v) is 14.7. The second-order valence-corrected chi connectivity index (χ2v) is 6.30. The lowest BCUT2D eigenvalue weighted by atomic mass is 10.0. The van der Waals surface area contributed by atoms with E-state index in [1.54, 1.807) is 30.2 Å². The summed E-state index contributed by atoms with van der Waals surface area (Å²) >= 11 is 3.41. The molecule has 124 valence electrons. The highest BCUT2D eigenvalue weighted by Crippen LogP contribution is 2.28. The fourth-order valence-corrected chi connectivity index (χ4v) is 3.25. The van der Waals surface area contributed by atoms with E-state index in [-0.39, 0.29) is 11.8 Å². The average Bonchev–Trinajstić information content (AvgIpc) is 2.61. The predicted molar refractivity (Wildman–Crippen MR) is 93.9 cm³/mol. The topological polar surface area (TPSA) is 58.6 Å². The van der Waals surface area contributed by atoms with Crippen molar-refractivity contribution in [3.05, 3.63) is 64.1 Å². The van der Waals surface area contributed by atoms with Crippen molar-refractivity contribution in [1.82, 2.24) is 10.2 Å². The number of benzene rings is 2. The number of carbonyl (C=O) groups excluding carboxylic acids is 2. The molecule has 6 heteroatoms. The van der Waals surface area contributed by atoms with Gasteiger partial charge in [0.05, 0.1) is 12.7 Å².